The summed E-state index contributed by atoms with van der Waals surface area (Å²) >= 11 is 0. The molecule has 6 heteroatoms. The molecular weight excluding hydrogens is 268 g/mol. The zero-order valence-electron chi connectivity index (χ0n) is 12.5. The van der Waals surface area contributed by atoms with Gasteiger partial charge in [0, 0.05) is 31.0 Å². The summed E-state index contributed by atoms with van der Waals surface area (Å²) in [4.78, 5) is 12.2. The van der Waals surface area contributed by atoms with E-state index in [1.807, 2.05) is 19.1 Å². The van der Waals surface area contributed by atoms with Crippen molar-refractivity contribution >= 4 is 11.6 Å². The van der Waals surface area contributed by atoms with Gasteiger partial charge in [0.05, 0.1) is 17.9 Å². The fourth-order valence-electron chi connectivity index (χ4n) is 2.13. The number of amides is 1. The lowest BCUT2D eigenvalue weighted by atomic mass is 10.1. The predicted molar refractivity (Wildman–Crippen MR) is 81.4 cm³/mol. The Kier molecular flexibility index (Phi) is 4.59. The van der Waals surface area contributed by atoms with Crippen molar-refractivity contribution in [3.63, 3.8) is 0 Å². The molecule has 112 valence electrons. The maximum atomic E-state index is 12.2. The van der Waals surface area contributed by atoms with E-state index in [4.69, 9.17) is 10.5 Å². The molecular formula is C15H20N4O2. The zero-order chi connectivity index (χ0) is 15.4. The van der Waals surface area contributed by atoms with Crippen LogP contribution in [0.25, 0.3) is 0 Å². The lowest BCUT2D eigenvalue weighted by Gasteiger charge is -2.11. The van der Waals surface area contributed by atoms with E-state index in [1.54, 1.807) is 30.9 Å². The van der Waals surface area contributed by atoms with E-state index in [1.165, 1.54) is 0 Å². The molecule has 0 aliphatic rings. The molecule has 1 aromatic heterocycles. The molecule has 0 aliphatic carbocycles. The van der Waals surface area contributed by atoms with Crippen LogP contribution in [-0.4, -0.2) is 22.3 Å². The topological polar surface area (TPSA) is 82.2 Å². The molecule has 3 N–H and O–H groups in total. The number of aromatic nitrogens is 2. The second-order valence-corrected chi connectivity index (χ2v) is 4.72. The third kappa shape index (κ3) is 3.41. The summed E-state index contributed by atoms with van der Waals surface area (Å²) in [5.41, 5.74) is 8.51. The van der Waals surface area contributed by atoms with Crippen molar-refractivity contribution in [2.75, 3.05) is 11.9 Å². The molecule has 0 saturated carbocycles. The van der Waals surface area contributed by atoms with E-state index in [2.05, 4.69) is 10.4 Å². The summed E-state index contributed by atoms with van der Waals surface area (Å²) in [6.45, 7) is 4.65. The average Bonchev–Trinajstić information content (AvgIpc) is 2.79. The van der Waals surface area contributed by atoms with Gasteiger partial charge in [0.2, 0.25) is 0 Å². The second-order valence-electron chi connectivity index (χ2n) is 4.72. The van der Waals surface area contributed by atoms with Gasteiger partial charge in [-0.05, 0) is 32.0 Å². The highest BCUT2D eigenvalue weighted by Gasteiger charge is 2.13. The van der Waals surface area contributed by atoms with Crippen molar-refractivity contribution in [1.82, 2.24) is 9.78 Å². The first kappa shape index (κ1) is 15.1. The molecule has 1 amide bonds. The Hall–Kier alpha value is -2.34. The van der Waals surface area contributed by atoms with Crippen molar-refractivity contribution in [3.8, 4) is 5.75 Å². The third-order valence-electron chi connectivity index (χ3n) is 3.10. The van der Waals surface area contributed by atoms with Crippen molar-refractivity contribution in [3.05, 3.63) is 41.2 Å². The fourth-order valence-corrected chi connectivity index (χ4v) is 2.13. The minimum absolute atomic E-state index is 0.187. The second kappa shape index (κ2) is 6.41. The molecule has 0 bridgehead atoms. The van der Waals surface area contributed by atoms with Crippen LogP contribution in [-0.2, 0) is 13.6 Å². The van der Waals surface area contributed by atoms with Crippen molar-refractivity contribution in [2.45, 2.75) is 20.4 Å². The minimum Gasteiger partial charge on any atom is -0.494 e. The number of nitrogens with two attached hydrogens (primary N) is 1. The first-order valence-electron chi connectivity index (χ1n) is 6.82. The first-order chi connectivity index (χ1) is 10.0. The quantitative estimate of drug-likeness (QED) is 0.879. The van der Waals surface area contributed by atoms with Crippen LogP contribution in [0.5, 0.6) is 5.75 Å². The largest absolute Gasteiger partial charge is 0.494 e. The molecule has 21 heavy (non-hydrogen) atoms. The smallest absolute Gasteiger partial charge is 0.259 e. The van der Waals surface area contributed by atoms with Gasteiger partial charge in [0.15, 0.2) is 0 Å². The highest BCUT2D eigenvalue weighted by atomic mass is 16.5. The number of hydrogen-bond donors (Lipinski definition) is 2. The molecule has 2 aromatic rings. The molecule has 0 aliphatic heterocycles. The van der Waals surface area contributed by atoms with E-state index in [-0.39, 0.29) is 5.91 Å². The van der Waals surface area contributed by atoms with E-state index in [9.17, 15) is 4.79 Å². The maximum absolute atomic E-state index is 12.2. The highest BCUT2D eigenvalue weighted by Crippen LogP contribution is 2.23. The molecule has 0 saturated heterocycles. The van der Waals surface area contributed by atoms with Gasteiger partial charge in [-0.15, -0.1) is 0 Å². The number of nitrogens with zero attached hydrogens (tertiary/aromatic N) is 2. The summed E-state index contributed by atoms with van der Waals surface area (Å²) in [6.07, 6.45) is 1.70. The zero-order valence-corrected chi connectivity index (χ0v) is 12.5. The Morgan fingerprint density at radius 3 is 2.81 bits per heavy atom. The number of anilines is 1. The van der Waals surface area contributed by atoms with Crippen molar-refractivity contribution < 1.29 is 9.53 Å². The van der Waals surface area contributed by atoms with Crippen molar-refractivity contribution in [1.29, 1.82) is 0 Å². The number of hydrogen-bond acceptors (Lipinski definition) is 4. The third-order valence-corrected chi connectivity index (χ3v) is 3.10. The van der Waals surface area contributed by atoms with Crippen LogP contribution in [0.3, 0.4) is 0 Å². The minimum atomic E-state index is -0.187. The normalized spacial score (nSPS) is 10.5. The number of benzene rings is 1. The average molecular weight is 288 g/mol. The standard InChI is InChI=1S/C15H20N4O2/c1-4-21-14-6-5-12(7-11(14)8-16)17-15(20)13-9-19(3)18-10(13)2/h5-7,9H,4,8,16H2,1-3H3,(H,17,20). The van der Waals surface area contributed by atoms with Gasteiger partial charge in [-0.1, -0.05) is 0 Å². The van der Waals surface area contributed by atoms with Gasteiger partial charge in [-0.2, -0.15) is 5.10 Å². The Bertz CT molecular complexity index is 649. The summed E-state index contributed by atoms with van der Waals surface area (Å²) in [5, 5.41) is 7.01. The van der Waals surface area contributed by atoms with E-state index >= 15 is 0 Å². The Balaban J connectivity index is 2.19. The summed E-state index contributed by atoms with van der Waals surface area (Å²) < 4.78 is 7.11. The summed E-state index contributed by atoms with van der Waals surface area (Å²) in [6, 6.07) is 5.44. The maximum Gasteiger partial charge on any atom is 0.259 e. The van der Waals surface area contributed by atoms with Gasteiger partial charge in [-0.25, -0.2) is 0 Å². The van der Waals surface area contributed by atoms with Crippen LogP contribution in [0, 0.1) is 6.92 Å². The van der Waals surface area contributed by atoms with Crippen LogP contribution in [0.15, 0.2) is 24.4 Å². The number of nitrogens with one attached hydrogen (secondary N) is 1. The number of ether oxygens (including phenoxy) is 1. The Morgan fingerprint density at radius 1 is 1.48 bits per heavy atom. The van der Waals surface area contributed by atoms with Gasteiger partial charge >= 0.3 is 0 Å². The molecule has 1 heterocycles. The molecule has 1 aromatic carbocycles. The molecule has 6 nitrogen and oxygen atoms in total. The van der Waals surface area contributed by atoms with Crippen molar-refractivity contribution in [2.24, 2.45) is 12.8 Å². The highest BCUT2D eigenvalue weighted by molar-refractivity contribution is 6.04. The first-order valence-corrected chi connectivity index (χ1v) is 6.82. The molecule has 0 spiro atoms. The number of carbonyl (C=O) groups is 1. The van der Waals surface area contributed by atoms with Gasteiger partial charge < -0.3 is 15.8 Å². The Labute approximate surface area is 123 Å². The monoisotopic (exact) mass is 288 g/mol. The van der Waals surface area contributed by atoms with Crippen LogP contribution in [0.2, 0.25) is 0 Å². The van der Waals surface area contributed by atoms with Crippen LogP contribution < -0.4 is 15.8 Å². The van der Waals surface area contributed by atoms with Gasteiger partial charge in [-0.3, -0.25) is 9.48 Å². The van der Waals surface area contributed by atoms with E-state index in [0.717, 1.165) is 11.3 Å². The van der Waals surface area contributed by atoms with Gasteiger partial charge in [0.25, 0.3) is 5.91 Å². The number of rotatable bonds is 5. The predicted octanol–water partition coefficient (Wildman–Crippen LogP) is 1.84. The summed E-state index contributed by atoms with van der Waals surface area (Å²) in [7, 11) is 1.78. The number of carbonyl (C=O) groups excluding carboxylic acids is 1. The fraction of sp³-hybridized carbons (Fsp3) is 0.333. The number of aryl methyl sites for hydroxylation is 2. The van der Waals surface area contributed by atoms with Crippen LogP contribution in [0.4, 0.5) is 5.69 Å². The van der Waals surface area contributed by atoms with Gasteiger partial charge in [0.1, 0.15) is 5.75 Å². The molecule has 0 radical (unpaired) electrons. The van der Waals surface area contributed by atoms with E-state index in [0.29, 0.717) is 30.1 Å². The molecule has 0 atom stereocenters. The van der Waals surface area contributed by atoms with Crippen LogP contribution >= 0.6 is 0 Å². The summed E-state index contributed by atoms with van der Waals surface area (Å²) in [5.74, 6) is 0.559. The SMILES string of the molecule is CCOc1ccc(NC(=O)c2cn(C)nc2C)cc1CN. The molecule has 2 rings (SSSR count). The molecule has 0 unspecified atom stereocenters. The van der Waals surface area contributed by atoms with Crippen LogP contribution in [0.1, 0.15) is 28.5 Å². The van der Waals surface area contributed by atoms with E-state index < -0.39 is 0 Å². The Morgan fingerprint density at radius 2 is 2.24 bits per heavy atom. The molecule has 0 fully saturated rings. The lowest BCUT2D eigenvalue weighted by molar-refractivity contribution is 0.102. The lowest BCUT2D eigenvalue weighted by Crippen LogP contribution is -2.13.